The molecule has 1 aromatic rings. The summed E-state index contributed by atoms with van der Waals surface area (Å²) in [6.45, 7) is 6.31. The topological polar surface area (TPSA) is 81.2 Å². The van der Waals surface area contributed by atoms with Crippen LogP contribution >= 0.6 is 0 Å². The van der Waals surface area contributed by atoms with Crippen molar-refractivity contribution in [1.82, 2.24) is 14.1 Å². The molecule has 0 spiro atoms. The molecule has 0 amide bonds. The van der Waals surface area contributed by atoms with Crippen molar-refractivity contribution in [2.24, 2.45) is 0 Å². The van der Waals surface area contributed by atoms with Crippen LogP contribution in [0.3, 0.4) is 0 Å². The van der Waals surface area contributed by atoms with Gasteiger partial charge in [-0.25, -0.2) is 12.7 Å². The van der Waals surface area contributed by atoms with Gasteiger partial charge in [-0.15, -0.1) is 0 Å². The van der Waals surface area contributed by atoms with Crippen LogP contribution in [0.5, 0.6) is 0 Å². The fourth-order valence-electron chi connectivity index (χ4n) is 2.29. The molecule has 0 saturated carbocycles. The third-order valence-electron chi connectivity index (χ3n) is 3.54. The first kappa shape index (κ1) is 14.3. The maximum absolute atomic E-state index is 12.3. The minimum absolute atomic E-state index is 0.240. The van der Waals surface area contributed by atoms with Crippen molar-refractivity contribution in [2.45, 2.75) is 44.4 Å². The van der Waals surface area contributed by atoms with Gasteiger partial charge in [0.25, 0.3) is 0 Å². The van der Waals surface area contributed by atoms with E-state index in [1.807, 2.05) is 10.9 Å². The van der Waals surface area contributed by atoms with Crippen LogP contribution in [0.25, 0.3) is 0 Å². The van der Waals surface area contributed by atoms with Gasteiger partial charge in [-0.3, -0.25) is 4.68 Å². The predicted molar refractivity (Wildman–Crippen MR) is 75.2 cm³/mol. The summed E-state index contributed by atoms with van der Waals surface area (Å²) < 4.78 is 27.4. The van der Waals surface area contributed by atoms with Crippen LogP contribution in [0.4, 0.5) is 5.82 Å². The van der Waals surface area contributed by atoms with Gasteiger partial charge in [0, 0.05) is 19.3 Å². The third kappa shape index (κ3) is 2.76. The first-order chi connectivity index (χ1) is 8.72. The molecule has 1 fully saturated rings. The van der Waals surface area contributed by atoms with Crippen LogP contribution in [0, 0.1) is 0 Å². The number of nitrogen functional groups attached to an aromatic ring is 1. The van der Waals surface area contributed by atoms with Gasteiger partial charge in [0.1, 0.15) is 5.82 Å². The van der Waals surface area contributed by atoms with Crippen molar-refractivity contribution < 1.29 is 8.42 Å². The first-order valence-electron chi connectivity index (χ1n) is 6.52. The van der Waals surface area contributed by atoms with Crippen LogP contribution in [0.1, 0.15) is 39.7 Å². The second-order valence-electron chi connectivity index (χ2n) is 5.97. The molecule has 19 heavy (non-hydrogen) atoms. The summed E-state index contributed by atoms with van der Waals surface area (Å²) in [4.78, 5) is 0. The molecule has 6 nitrogen and oxygen atoms in total. The van der Waals surface area contributed by atoms with Gasteiger partial charge in [-0.1, -0.05) is 0 Å². The molecule has 7 heteroatoms. The van der Waals surface area contributed by atoms with E-state index in [1.165, 1.54) is 0 Å². The summed E-state index contributed by atoms with van der Waals surface area (Å²) in [7, 11) is -3.22. The van der Waals surface area contributed by atoms with Gasteiger partial charge in [0.2, 0.25) is 10.0 Å². The standard InChI is InChI=1S/C12H22N4O2S/c1-12(2,3)19(17,18)15-7-4-10(5-8-15)16-9-6-11(13)14-16/h6,9-10H,4-5,7-8H2,1-3H3,(H2,13,14). The quantitative estimate of drug-likeness (QED) is 0.886. The molecular weight excluding hydrogens is 264 g/mol. The average Bonchev–Trinajstić information content (AvgIpc) is 2.74. The van der Waals surface area contributed by atoms with E-state index in [-0.39, 0.29) is 6.04 Å². The number of piperidine rings is 1. The van der Waals surface area contributed by atoms with Crippen molar-refractivity contribution in [1.29, 1.82) is 0 Å². The van der Waals surface area contributed by atoms with E-state index in [0.717, 1.165) is 12.8 Å². The van der Waals surface area contributed by atoms with Crippen molar-refractivity contribution >= 4 is 15.8 Å². The Hall–Kier alpha value is -1.08. The molecule has 2 heterocycles. The molecule has 1 aromatic heterocycles. The molecule has 0 aromatic carbocycles. The molecule has 0 atom stereocenters. The Morgan fingerprint density at radius 1 is 1.32 bits per heavy atom. The molecule has 1 saturated heterocycles. The number of hydrogen-bond acceptors (Lipinski definition) is 4. The Morgan fingerprint density at radius 2 is 1.89 bits per heavy atom. The second-order valence-corrected chi connectivity index (χ2v) is 8.66. The van der Waals surface area contributed by atoms with E-state index < -0.39 is 14.8 Å². The van der Waals surface area contributed by atoms with Gasteiger partial charge in [0.05, 0.1) is 10.8 Å². The van der Waals surface area contributed by atoms with Crippen LogP contribution in [-0.4, -0.2) is 40.3 Å². The predicted octanol–water partition coefficient (Wildman–Crippen LogP) is 1.23. The van der Waals surface area contributed by atoms with Gasteiger partial charge in [0.15, 0.2) is 0 Å². The zero-order valence-corrected chi connectivity index (χ0v) is 12.5. The van der Waals surface area contributed by atoms with E-state index in [0.29, 0.717) is 18.9 Å². The van der Waals surface area contributed by atoms with E-state index in [9.17, 15) is 8.42 Å². The second kappa shape index (κ2) is 4.79. The molecule has 2 rings (SSSR count). The lowest BCUT2D eigenvalue weighted by atomic mass is 10.1. The number of nitrogens with zero attached hydrogens (tertiary/aromatic N) is 3. The van der Waals surface area contributed by atoms with E-state index in [1.54, 1.807) is 31.1 Å². The fraction of sp³-hybridized carbons (Fsp3) is 0.750. The van der Waals surface area contributed by atoms with E-state index >= 15 is 0 Å². The summed E-state index contributed by atoms with van der Waals surface area (Å²) in [5, 5.41) is 4.20. The number of sulfonamides is 1. The molecule has 0 radical (unpaired) electrons. The molecule has 0 bridgehead atoms. The highest BCUT2D eigenvalue weighted by atomic mass is 32.2. The van der Waals surface area contributed by atoms with Crippen molar-refractivity contribution in [3.63, 3.8) is 0 Å². The fourth-order valence-corrected chi connectivity index (χ4v) is 3.76. The van der Waals surface area contributed by atoms with Crippen LogP contribution in [-0.2, 0) is 10.0 Å². The summed E-state index contributed by atoms with van der Waals surface area (Å²) in [5.41, 5.74) is 5.60. The monoisotopic (exact) mass is 286 g/mol. The van der Waals surface area contributed by atoms with Crippen molar-refractivity contribution in [3.05, 3.63) is 12.3 Å². The van der Waals surface area contributed by atoms with Gasteiger partial charge < -0.3 is 5.73 Å². The SMILES string of the molecule is CC(C)(C)S(=O)(=O)N1CCC(n2ccc(N)n2)CC1. The number of hydrogen-bond donors (Lipinski definition) is 1. The van der Waals surface area contributed by atoms with Gasteiger partial charge >= 0.3 is 0 Å². The summed E-state index contributed by atoms with van der Waals surface area (Å²) in [6.07, 6.45) is 3.40. The number of nitrogens with two attached hydrogens (primary N) is 1. The van der Waals surface area contributed by atoms with Crippen LogP contribution in [0.2, 0.25) is 0 Å². The van der Waals surface area contributed by atoms with Crippen molar-refractivity contribution in [3.8, 4) is 0 Å². The Kier molecular flexibility index (Phi) is 3.61. The zero-order chi connectivity index (χ0) is 14.3. The van der Waals surface area contributed by atoms with Gasteiger partial charge in [-0.2, -0.15) is 5.10 Å². The van der Waals surface area contributed by atoms with E-state index in [4.69, 9.17) is 5.73 Å². The van der Waals surface area contributed by atoms with E-state index in [2.05, 4.69) is 5.10 Å². The minimum atomic E-state index is -3.22. The molecule has 1 aliphatic rings. The lowest BCUT2D eigenvalue weighted by Gasteiger charge is -2.35. The number of aromatic nitrogens is 2. The van der Waals surface area contributed by atoms with Gasteiger partial charge in [-0.05, 0) is 39.7 Å². The van der Waals surface area contributed by atoms with Crippen LogP contribution < -0.4 is 5.73 Å². The Morgan fingerprint density at radius 3 is 2.32 bits per heavy atom. The Balaban J connectivity index is 2.04. The van der Waals surface area contributed by atoms with Crippen molar-refractivity contribution in [2.75, 3.05) is 18.8 Å². The summed E-state index contributed by atoms with van der Waals surface area (Å²) in [5.74, 6) is 0.504. The largest absolute Gasteiger partial charge is 0.382 e. The minimum Gasteiger partial charge on any atom is -0.382 e. The third-order valence-corrected chi connectivity index (χ3v) is 6.13. The highest BCUT2D eigenvalue weighted by molar-refractivity contribution is 7.90. The smallest absolute Gasteiger partial charge is 0.219 e. The maximum atomic E-state index is 12.3. The summed E-state index contributed by atoms with van der Waals surface area (Å²) in [6, 6.07) is 2.00. The number of anilines is 1. The molecule has 0 unspecified atom stereocenters. The lowest BCUT2D eigenvalue weighted by Crippen LogP contribution is -2.46. The number of rotatable bonds is 2. The lowest BCUT2D eigenvalue weighted by molar-refractivity contribution is 0.257. The maximum Gasteiger partial charge on any atom is 0.219 e. The molecule has 1 aliphatic heterocycles. The highest BCUT2D eigenvalue weighted by Gasteiger charge is 2.37. The normalized spacial score (nSPS) is 19.7. The average molecular weight is 286 g/mol. The molecule has 2 N–H and O–H groups in total. The molecular formula is C12H22N4O2S. The first-order valence-corrected chi connectivity index (χ1v) is 7.96. The highest BCUT2D eigenvalue weighted by Crippen LogP contribution is 2.28. The summed E-state index contributed by atoms with van der Waals surface area (Å²) >= 11 is 0. The molecule has 0 aliphatic carbocycles. The van der Waals surface area contributed by atoms with Crippen LogP contribution in [0.15, 0.2) is 12.3 Å². The Labute approximate surface area is 114 Å². The zero-order valence-electron chi connectivity index (χ0n) is 11.7. The Bertz CT molecular complexity index is 536. The molecule has 108 valence electrons.